The summed E-state index contributed by atoms with van der Waals surface area (Å²) < 4.78 is 0. The van der Waals surface area contributed by atoms with Crippen molar-refractivity contribution in [2.75, 3.05) is 18.6 Å². The highest BCUT2D eigenvalue weighted by atomic mass is 32.2. The number of H-pyrrole nitrogens is 1. The van der Waals surface area contributed by atoms with Gasteiger partial charge in [-0.25, -0.2) is 4.79 Å². The summed E-state index contributed by atoms with van der Waals surface area (Å²) in [6, 6.07) is 3.40. The Bertz CT molecular complexity index is 1200. The van der Waals surface area contributed by atoms with E-state index in [-0.39, 0.29) is 19.4 Å². The maximum Gasteiger partial charge on any atom is 0.326 e. The molecule has 0 aliphatic carbocycles. The smallest absolute Gasteiger partial charge is 0.326 e. The summed E-state index contributed by atoms with van der Waals surface area (Å²) >= 11 is 1.56. The van der Waals surface area contributed by atoms with Gasteiger partial charge in [-0.05, 0) is 49.3 Å². The molecule has 3 rings (SSSR count). The summed E-state index contributed by atoms with van der Waals surface area (Å²) in [7, 11) is 0. The van der Waals surface area contributed by atoms with Crippen molar-refractivity contribution in [1.29, 1.82) is 0 Å². The second-order valence-electron chi connectivity index (χ2n) is 9.53. The van der Waals surface area contributed by atoms with Gasteiger partial charge < -0.3 is 36.5 Å². The van der Waals surface area contributed by atoms with Gasteiger partial charge in [-0.1, -0.05) is 18.2 Å². The molecule has 0 saturated carbocycles. The molecule has 2 aromatic rings. The lowest BCUT2D eigenvalue weighted by molar-refractivity contribution is -0.145. The molecule has 0 radical (unpaired) electrons. The van der Waals surface area contributed by atoms with Crippen molar-refractivity contribution in [2.24, 2.45) is 5.73 Å². The summed E-state index contributed by atoms with van der Waals surface area (Å²) in [5.74, 6) is -3.48. The largest absolute Gasteiger partial charge is 0.481 e. The highest BCUT2D eigenvalue weighted by Gasteiger charge is 2.39. The fraction of sp³-hybridized carbons (Fsp3) is 0.500. The van der Waals surface area contributed by atoms with Crippen LogP contribution in [0.4, 0.5) is 0 Å². The van der Waals surface area contributed by atoms with Gasteiger partial charge in [0.25, 0.3) is 0 Å². The Morgan fingerprint density at radius 2 is 1.87 bits per heavy atom. The van der Waals surface area contributed by atoms with Crippen LogP contribution in [-0.4, -0.2) is 92.5 Å². The number of benzene rings is 1. The van der Waals surface area contributed by atoms with Gasteiger partial charge in [-0.2, -0.15) is 11.8 Å². The molecule has 212 valence electrons. The Hall–Kier alpha value is -3.58. The van der Waals surface area contributed by atoms with Gasteiger partial charge in [0.2, 0.25) is 17.7 Å². The normalized spacial score (nSPS) is 17.4. The SMILES string of the molecule is CSCCC(N)C(=O)NC(Cc1c[nH]c2ccccc12)C(=O)N1CCCC1C(=O)NC(CCC(=O)O)C(=O)O. The molecule has 0 bridgehead atoms. The molecular weight excluding hydrogens is 526 g/mol. The summed E-state index contributed by atoms with van der Waals surface area (Å²) in [5, 5.41) is 24.4. The number of thioether (sulfide) groups is 1. The summed E-state index contributed by atoms with van der Waals surface area (Å²) in [4.78, 5) is 66.8. The molecule has 0 spiro atoms. The highest BCUT2D eigenvalue weighted by molar-refractivity contribution is 7.98. The first-order valence-electron chi connectivity index (χ1n) is 12.8. The molecule has 2 heterocycles. The van der Waals surface area contributed by atoms with E-state index in [9.17, 15) is 29.1 Å². The molecule has 4 unspecified atom stereocenters. The maximum absolute atomic E-state index is 13.8. The van der Waals surface area contributed by atoms with Crippen LogP contribution in [0.25, 0.3) is 10.9 Å². The van der Waals surface area contributed by atoms with E-state index in [0.717, 1.165) is 16.5 Å². The Morgan fingerprint density at radius 3 is 2.56 bits per heavy atom. The minimum atomic E-state index is -1.40. The molecule has 7 N–H and O–H groups in total. The molecule has 1 aromatic carbocycles. The molecule has 12 nitrogen and oxygen atoms in total. The minimum Gasteiger partial charge on any atom is -0.481 e. The molecule has 1 fully saturated rings. The number of likely N-dealkylation sites (tertiary alicyclic amines) is 1. The number of aliphatic carboxylic acids is 2. The van der Waals surface area contributed by atoms with Crippen LogP contribution >= 0.6 is 11.8 Å². The predicted molar refractivity (Wildman–Crippen MR) is 146 cm³/mol. The van der Waals surface area contributed by atoms with Crippen LogP contribution in [0.1, 0.15) is 37.7 Å². The zero-order chi connectivity index (χ0) is 28.5. The molecule has 4 atom stereocenters. The number of hydrogen-bond acceptors (Lipinski definition) is 7. The number of carboxylic acids is 2. The van der Waals surface area contributed by atoms with E-state index in [4.69, 9.17) is 10.8 Å². The van der Waals surface area contributed by atoms with Crippen molar-refractivity contribution in [3.8, 4) is 0 Å². The maximum atomic E-state index is 13.8. The van der Waals surface area contributed by atoms with E-state index in [2.05, 4.69) is 15.6 Å². The van der Waals surface area contributed by atoms with Crippen LogP contribution in [0.2, 0.25) is 0 Å². The number of nitrogens with two attached hydrogens (primary N) is 1. The Balaban J connectivity index is 1.81. The number of amides is 3. The number of carboxylic acid groups (broad SMARTS) is 2. The van der Waals surface area contributed by atoms with E-state index >= 15 is 0 Å². The van der Waals surface area contributed by atoms with E-state index < -0.39 is 60.2 Å². The molecule has 1 aromatic heterocycles. The average molecular weight is 562 g/mol. The van der Waals surface area contributed by atoms with Crippen LogP contribution in [-0.2, 0) is 30.4 Å². The molecule has 39 heavy (non-hydrogen) atoms. The molecular formula is C26H35N5O7S. The second-order valence-corrected chi connectivity index (χ2v) is 10.5. The summed E-state index contributed by atoms with van der Waals surface area (Å²) in [6.07, 6.45) is 4.38. The van der Waals surface area contributed by atoms with Gasteiger partial charge >= 0.3 is 11.9 Å². The van der Waals surface area contributed by atoms with Gasteiger partial charge in [0.05, 0.1) is 6.04 Å². The first-order chi connectivity index (χ1) is 18.6. The van der Waals surface area contributed by atoms with Crippen molar-refractivity contribution in [2.45, 2.75) is 62.7 Å². The van der Waals surface area contributed by atoms with E-state index in [1.807, 2.05) is 30.5 Å². The van der Waals surface area contributed by atoms with Gasteiger partial charge in [-0.15, -0.1) is 0 Å². The Labute approximate surface area is 230 Å². The number of carbonyl (C=O) groups excluding carboxylic acids is 3. The van der Waals surface area contributed by atoms with Gasteiger partial charge in [0.15, 0.2) is 0 Å². The average Bonchev–Trinajstić information content (AvgIpc) is 3.56. The summed E-state index contributed by atoms with van der Waals surface area (Å²) in [5.41, 5.74) is 7.74. The van der Waals surface area contributed by atoms with Crippen LogP contribution in [0, 0.1) is 0 Å². The van der Waals surface area contributed by atoms with Crippen LogP contribution in [0.5, 0.6) is 0 Å². The van der Waals surface area contributed by atoms with E-state index in [1.165, 1.54) is 4.90 Å². The Morgan fingerprint density at radius 1 is 1.13 bits per heavy atom. The zero-order valence-electron chi connectivity index (χ0n) is 21.7. The number of aromatic amines is 1. The van der Waals surface area contributed by atoms with Crippen molar-refractivity contribution < 1.29 is 34.2 Å². The van der Waals surface area contributed by atoms with Crippen molar-refractivity contribution >= 4 is 52.3 Å². The standard InChI is InChI=1S/C26H35N5O7S/c1-39-12-10-17(27)23(34)30-20(13-15-14-28-18-6-3-2-5-16(15)18)25(36)31-11-4-7-21(31)24(35)29-19(26(37)38)8-9-22(32)33/h2-3,5-6,14,17,19-21,28H,4,7-13,27H2,1H3,(H,29,35)(H,30,34)(H,32,33)(H,37,38). The third-order valence-corrected chi connectivity index (χ3v) is 7.43. The molecule has 1 saturated heterocycles. The zero-order valence-corrected chi connectivity index (χ0v) is 22.5. The van der Waals surface area contributed by atoms with Crippen molar-refractivity contribution in [1.82, 2.24) is 20.5 Å². The van der Waals surface area contributed by atoms with Crippen LogP contribution in [0.15, 0.2) is 30.5 Å². The lowest BCUT2D eigenvalue weighted by atomic mass is 10.0. The monoisotopic (exact) mass is 561 g/mol. The fourth-order valence-electron chi connectivity index (χ4n) is 4.67. The summed E-state index contributed by atoms with van der Waals surface area (Å²) in [6.45, 7) is 0.253. The number of nitrogens with one attached hydrogen (secondary N) is 3. The fourth-order valence-corrected chi connectivity index (χ4v) is 5.16. The number of nitrogens with zero attached hydrogens (tertiary/aromatic N) is 1. The van der Waals surface area contributed by atoms with Crippen LogP contribution in [0.3, 0.4) is 0 Å². The third kappa shape index (κ3) is 7.96. The van der Waals surface area contributed by atoms with E-state index in [0.29, 0.717) is 25.0 Å². The number of fused-ring (bicyclic) bond motifs is 1. The van der Waals surface area contributed by atoms with Gasteiger partial charge in [0, 0.05) is 36.5 Å². The highest BCUT2D eigenvalue weighted by Crippen LogP contribution is 2.23. The number of carbonyl (C=O) groups is 5. The second kappa shape index (κ2) is 14.0. The van der Waals surface area contributed by atoms with Crippen molar-refractivity contribution in [3.05, 3.63) is 36.0 Å². The molecule has 3 amide bonds. The quantitative estimate of drug-likeness (QED) is 0.192. The number of para-hydroxylation sites is 1. The molecule has 13 heteroatoms. The van der Waals surface area contributed by atoms with Gasteiger partial charge in [0.1, 0.15) is 18.1 Å². The number of aromatic nitrogens is 1. The predicted octanol–water partition coefficient (Wildman–Crippen LogP) is 0.701. The minimum absolute atomic E-state index is 0.158. The topological polar surface area (TPSA) is 195 Å². The van der Waals surface area contributed by atoms with Crippen molar-refractivity contribution in [3.63, 3.8) is 0 Å². The van der Waals surface area contributed by atoms with E-state index in [1.54, 1.807) is 18.0 Å². The first-order valence-corrected chi connectivity index (χ1v) is 14.2. The lowest BCUT2D eigenvalue weighted by Gasteiger charge is -2.30. The van der Waals surface area contributed by atoms with Crippen LogP contribution < -0.4 is 16.4 Å². The third-order valence-electron chi connectivity index (χ3n) is 6.78. The number of rotatable bonds is 14. The lowest BCUT2D eigenvalue weighted by Crippen LogP contribution is -2.57. The van der Waals surface area contributed by atoms with Gasteiger partial charge in [-0.3, -0.25) is 19.2 Å². The molecule has 1 aliphatic rings. The number of hydrogen-bond donors (Lipinski definition) is 6. The first kappa shape index (κ1) is 30.0. The molecule has 1 aliphatic heterocycles. The Kier molecular flexibility index (Phi) is 10.8.